The number of carbonyl (C=O) groups is 1. The second kappa shape index (κ2) is 21.8. The molecule has 1 unspecified atom stereocenters. The number of hydrogen-bond donors (Lipinski definition) is 0. The fourth-order valence-corrected chi connectivity index (χ4v) is 3.96. The van der Waals surface area contributed by atoms with E-state index in [1.807, 2.05) is 11.9 Å². The van der Waals surface area contributed by atoms with Crippen LogP contribution in [0.5, 0.6) is 0 Å². The van der Waals surface area contributed by atoms with Gasteiger partial charge in [-0.25, -0.2) is 0 Å². The highest BCUT2D eigenvalue weighted by molar-refractivity contribution is 7.85. The van der Waals surface area contributed by atoms with Crippen molar-refractivity contribution in [1.29, 1.82) is 0 Å². The zero-order chi connectivity index (χ0) is 24.8. The summed E-state index contributed by atoms with van der Waals surface area (Å²) in [5.74, 6) is -0.197. The van der Waals surface area contributed by atoms with Crippen LogP contribution in [0.3, 0.4) is 0 Å². The van der Waals surface area contributed by atoms with Crippen LogP contribution in [0.4, 0.5) is 0 Å². The van der Waals surface area contributed by atoms with E-state index in [0.717, 1.165) is 31.9 Å². The number of nitrogens with zero attached hydrogens (tertiary/aromatic N) is 1. The highest BCUT2D eigenvalue weighted by atomic mass is 32.2. The maximum atomic E-state index is 12.2. The lowest BCUT2D eigenvalue weighted by Crippen LogP contribution is -2.37. The van der Waals surface area contributed by atoms with Gasteiger partial charge in [-0.15, -0.1) is 0 Å². The van der Waals surface area contributed by atoms with Crippen LogP contribution in [0, 0.1) is 0 Å². The van der Waals surface area contributed by atoms with Crippen LogP contribution < -0.4 is 0 Å². The lowest BCUT2D eigenvalue weighted by atomic mass is 10.1. The molecule has 0 fully saturated rings. The van der Waals surface area contributed by atoms with Crippen molar-refractivity contribution in [2.45, 2.75) is 110 Å². The Bertz CT molecular complexity index is 555. The van der Waals surface area contributed by atoms with E-state index in [9.17, 15) is 13.2 Å². The van der Waals surface area contributed by atoms with E-state index < -0.39 is 10.1 Å². The van der Waals surface area contributed by atoms with E-state index >= 15 is 0 Å². The van der Waals surface area contributed by atoms with Crippen molar-refractivity contribution in [3.63, 3.8) is 0 Å². The van der Waals surface area contributed by atoms with Gasteiger partial charge in [-0.2, -0.15) is 8.42 Å². The second-order valence-electron chi connectivity index (χ2n) is 9.11. The zero-order valence-electron chi connectivity index (χ0n) is 21.8. The highest BCUT2D eigenvalue weighted by Crippen LogP contribution is 2.11. The van der Waals surface area contributed by atoms with Gasteiger partial charge in [0.15, 0.2) is 0 Å². The van der Waals surface area contributed by atoms with Crippen molar-refractivity contribution in [1.82, 2.24) is 4.90 Å². The Morgan fingerprint density at radius 1 is 0.818 bits per heavy atom. The third-order valence-electron chi connectivity index (χ3n) is 5.51. The van der Waals surface area contributed by atoms with Crippen LogP contribution in [0.1, 0.15) is 104 Å². The van der Waals surface area contributed by atoms with E-state index in [1.54, 1.807) is 0 Å². The molecular weight excluding hydrogens is 442 g/mol. The average molecular weight is 494 g/mol. The van der Waals surface area contributed by atoms with Crippen molar-refractivity contribution in [2.75, 3.05) is 46.2 Å². The fourth-order valence-electron chi connectivity index (χ4n) is 3.58. The van der Waals surface area contributed by atoms with Gasteiger partial charge in [0, 0.05) is 26.1 Å². The van der Waals surface area contributed by atoms with Crippen molar-refractivity contribution in [3.05, 3.63) is 0 Å². The summed E-state index contributed by atoms with van der Waals surface area (Å²) in [6, 6.07) is 0. The van der Waals surface area contributed by atoms with Gasteiger partial charge in [-0.05, 0) is 19.9 Å². The lowest BCUT2D eigenvalue weighted by Gasteiger charge is -2.24. The lowest BCUT2D eigenvalue weighted by molar-refractivity contribution is -0.153. The number of unbranched alkanes of at least 4 members (excludes halogenated alkanes) is 11. The van der Waals surface area contributed by atoms with Crippen molar-refractivity contribution < 1.29 is 26.9 Å². The standard InChI is InChI=1S/C25H51NO6S/c1-5-7-9-10-11-12-13-14-15-17-20-30-23-24(32-25(27)18-16-8-6-2)22-26(3)19-21-31-33(4,28)29/h24H,5-23H2,1-4H3. The van der Waals surface area contributed by atoms with Gasteiger partial charge >= 0.3 is 5.97 Å². The van der Waals surface area contributed by atoms with Crippen LogP contribution in [0.2, 0.25) is 0 Å². The molecule has 0 aromatic carbocycles. The van der Waals surface area contributed by atoms with Crippen LogP contribution in [0.25, 0.3) is 0 Å². The third-order valence-corrected chi connectivity index (χ3v) is 6.11. The number of likely N-dealkylation sites (N-methyl/N-ethyl adjacent to an activating group) is 1. The van der Waals surface area contributed by atoms with Gasteiger partial charge in [0.1, 0.15) is 6.10 Å². The second-order valence-corrected chi connectivity index (χ2v) is 10.8. The Kier molecular flexibility index (Phi) is 21.3. The molecule has 198 valence electrons. The predicted molar refractivity (Wildman–Crippen MR) is 135 cm³/mol. The quantitative estimate of drug-likeness (QED) is 0.102. The number of rotatable bonds is 24. The highest BCUT2D eigenvalue weighted by Gasteiger charge is 2.17. The molecule has 0 N–H and O–H groups in total. The zero-order valence-corrected chi connectivity index (χ0v) is 22.6. The molecule has 0 saturated carbocycles. The normalized spacial score (nSPS) is 12.9. The Hall–Kier alpha value is -0.700. The molecule has 0 amide bonds. The Morgan fingerprint density at radius 2 is 1.36 bits per heavy atom. The summed E-state index contributed by atoms with van der Waals surface area (Å²) in [6.45, 7) is 6.35. The number of ether oxygens (including phenoxy) is 2. The molecule has 0 heterocycles. The largest absolute Gasteiger partial charge is 0.459 e. The molecular formula is C25H51NO6S. The first-order valence-corrected chi connectivity index (χ1v) is 14.9. The Labute approximate surface area is 204 Å². The fraction of sp³-hybridized carbons (Fsp3) is 0.960. The first kappa shape index (κ1) is 32.3. The van der Waals surface area contributed by atoms with Gasteiger partial charge in [-0.1, -0.05) is 84.5 Å². The molecule has 0 aliphatic carbocycles. The summed E-state index contributed by atoms with van der Waals surface area (Å²) in [7, 11) is -1.60. The summed E-state index contributed by atoms with van der Waals surface area (Å²) in [5, 5.41) is 0. The summed E-state index contributed by atoms with van der Waals surface area (Å²) in [5.41, 5.74) is 0. The van der Waals surface area contributed by atoms with Gasteiger partial charge in [-0.3, -0.25) is 8.98 Å². The molecule has 0 aromatic rings. The molecule has 0 aliphatic heterocycles. The van der Waals surface area contributed by atoms with E-state index in [0.29, 0.717) is 32.7 Å². The maximum absolute atomic E-state index is 12.2. The average Bonchev–Trinajstić information content (AvgIpc) is 2.73. The minimum absolute atomic E-state index is 0.0754. The van der Waals surface area contributed by atoms with Gasteiger partial charge in [0.05, 0.1) is 19.5 Å². The van der Waals surface area contributed by atoms with E-state index in [2.05, 4.69) is 13.8 Å². The summed E-state index contributed by atoms with van der Waals surface area (Å²) >= 11 is 0. The molecule has 0 spiro atoms. The van der Waals surface area contributed by atoms with Crippen LogP contribution >= 0.6 is 0 Å². The summed E-state index contributed by atoms with van der Waals surface area (Å²) in [6.07, 6.45) is 16.8. The number of hydrogen-bond acceptors (Lipinski definition) is 7. The first-order valence-electron chi connectivity index (χ1n) is 13.1. The van der Waals surface area contributed by atoms with Crippen molar-refractivity contribution in [2.24, 2.45) is 0 Å². The molecule has 0 bridgehead atoms. The van der Waals surface area contributed by atoms with Gasteiger partial charge in [0.2, 0.25) is 0 Å². The smallest absolute Gasteiger partial charge is 0.306 e. The van der Waals surface area contributed by atoms with Crippen LogP contribution in [-0.2, 0) is 28.6 Å². The Balaban J connectivity index is 4.13. The molecule has 0 saturated heterocycles. The van der Waals surface area contributed by atoms with Gasteiger partial charge < -0.3 is 14.4 Å². The number of esters is 1. The van der Waals surface area contributed by atoms with Crippen molar-refractivity contribution in [3.8, 4) is 0 Å². The number of carbonyl (C=O) groups excluding carboxylic acids is 1. The molecule has 1 atom stereocenters. The third kappa shape index (κ3) is 24.2. The summed E-state index contributed by atoms with van der Waals surface area (Å²) in [4.78, 5) is 14.1. The van der Waals surface area contributed by atoms with E-state index in [1.165, 1.54) is 57.8 Å². The van der Waals surface area contributed by atoms with Crippen LogP contribution in [0.15, 0.2) is 0 Å². The summed E-state index contributed by atoms with van der Waals surface area (Å²) < 4.78 is 38.5. The molecule has 0 aromatic heterocycles. The topological polar surface area (TPSA) is 82.1 Å². The predicted octanol–water partition coefficient (Wildman–Crippen LogP) is 5.32. The Morgan fingerprint density at radius 3 is 1.94 bits per heavy atom. The minimum atomic E-state index is -3.45. The first-order chi connectivity index (χ1) is 15.8. The van der Waals surface area contributed by atoms with Crippen LogP contribution in [-0.4, -0.2) is 71.6 Å². The molecule has 33 heavy (non-hydrogen) atoms. The maximum Gasteiger partial charge on any atom is 0.306 e. The van der Waals surface area contributed by atoms with E-state index in [-0.39, 0.29) is 18.7 Å². The molecule has 8 heteroatoms. The molecule has 7 nitrogen and oxygen atoms in total. The minimum Gasteiger partial charge on any atom is -0.459 e. The molecule has 0 radical (unpaired) electrons. The van der Waals surface area contributed by atoms with Gasteiger partial charge in [0.25, 0.3) is 10.1 Å². The monoisotopic (exact) mass is 493 g/mol. The van der Waals surface area contributed by atoms with E-state index in [4.69, 9.17) is 13.7 Å². The molecule has 0 rings (SSSR count). The van der Waals surface area contributed by atoms with Crippen molar-refractivity contribution >= 4 is 16.1 Å². The SMILES string of the molecule is CCCCCCCCCCCCOCC(CN(C)CCOS(C)(=O)=O)OC(=O)CCCCC. The molecule has 0 aliphatic rings.